The molecule has 0 unspecified atom stereocenters. The van der Waals surface area contributed by atoms with Crippen LogP contribution in [-0.4, -0.2) is 4.98 Å². The fourth-order valence-electron chi connectivity index (χ4n) is 1.29. The number of halogens is 2. The van der Waals surface area contributed by atoms with Gasteiger partial charge in [-0.05, 0) is 29.8 Å². The second kappa shape index (κ2) is 3.54. The molecule has 0 aliphatic heterocycles. The molecular formula is C11H7F2N. The van der Waals surface area contributed by atoms with Crippen LogP contribution in [0.2, 0.25) is 0 Å². The van der Waals surface area contributed by atoms with Gasteiger partial charge in [-0.15, -0.1) is 0 Å². The molecule has 1 heterocycles. The minimum Gasteiger partial charge on any atom is -0.265 e. The lowest BCUT2D eigenvalue weighted by atomic mass is 10.1. The van der Waals surface area contributed by atoms with Gasteiger partial charge in [0.15, 0.2) is 0 Å². The molecule has 1 aromatic heterocycles. The molecule has 70 valence electrons. The standard InChI is InChI=1S/C11H7F2N/c12-9-2-1-3-10(13)11(9)8-4-6-14-7-5-8/h1-7H. The summed E-state index contributed by atoms with van der Waals surface area (Å²) in [5.41, 5.74) is 0.491. The Bertz CT molecular complexity index is 420. The van der Waals surface area contributed by atoms with Crippen LogP contribution in [0.3, 0.4) is 0 Å². The number of rotatable bonds is 1. The Hall–Kier alpha value is -1.77. The second-order valence-electron chi connectivity index (χ2n) is 2.83. The molecule has 0 saturated heterocycles. The Labute approximate surface area is 80.0 Å². The molecule has 0 radical (unpaired) electrons. The maximum atomic E-state index is 13.3. The molecular weight excluding hydrogens is 184 g/mol. The molecule has 0 atom stereocenters. The summed E-state index contributed by atoms with van der Waals surface area (Å²) in [5, 5.41) is 0. The fourth-order valence-corrected chi connectivity index (χ4v) is 1.29. The van der Waals surface area contributed by atoms with Crippen LogP contribution in [0.5, 0.6) is 0 Å². The number of hydrogen-bond acceptors (Lipinski definition) is 1. The van der Waals surface area contributed by atoms with Crippen LogP contribution >= 0.6 is 0 Å². The van der Waals surface area contributed by atoms with Gasteiger partial charge in [0.05, 0.1) is 5.56 Å². The van der Waals surface area contributed by atoms with Gasteiger partial charge in [0.1, 0.15) is 11.6 Å². The zero-order valence-electron chi connectivity index (χ0n) is 7.24. The van der Waals surface area contributed by atoms with Crippen molar-refractivity contribution in [2.24, 2.45) is 0 Å². The molecule has 0 aliphatic carbocycles. The van der Waals surface area contributed by atoms with Crippen molar-refractivity contribution >= 4 is 0 Å². The minimum absolute atomic E-state index is 0.00472. The summed E-state index contributed by atoms with van der Waals surface area (Å²) < 4.78 is 26.6. The lowest BCUT2D eigenvalue weighted by molar-refractivity contribution is 0.589. The summed E-state index contributed by atoms with van der Waals surface area (Å²) in [6, 6.07) is 6.95. The van der Waals surface area contributed by atoms with Crippen molar-refractivity contribution in [3.8, 4) is 11.1 Å². The maximum Gasteiger partial charge on any atom is 0.133 e. The van der Waals surface area contributed by atoms with Crippen LogP contribution in [0.15, 0.2) is 42.7 Å². The first kappa shape index (κ1) is 8.81. The topological polar surface area (TPSA) is 12.9 Å². The molecule has 0 bridgehead atoms. The van der Waals surface area contributed by atoms with Crippen LogP contribution in [0.1, 0.15) is 0 Å². The normalized spacial score (nSPS) is 10.1. The number of hydrogen-bond donors (Lipinski definition) is 0. The first-order valence-electron chi connectivity index (χ1n) is 4.13. The van der Waals surface area contributed by atoms with E-state index in [1.165, 1.54) is 30.6 Å². The lowest BCUT2D eigenvalue weighted by Gasteiger charge is -2.03. The van der Waals surface area contributed by atoms with E-state index in [4.69, 9.17) is 0 Å². The highest BCUT2D eigenvalue weighted by Gasteiger charge is 2.09. The van der Waals surface area contributed by atoms with Gasteiger partial charge in [0.25, 0.3) is 0 Å². The molecule has 0 fully saturated rings. The predicted molar refractivity (Wildman–Crippen MR) is 49.6 cm³/mol. The molecule has 0 aliphatic rings. The predicted octanol–water partition coefficient (Wildman–Crippen LogP) is 3.03. The van der Waals surface area contributed by atoms with Crippen molar-refractivity contribution < 1.29 is 8.78 Å². The highest BCUT2D eigenvalue weighted by molar-refractivity contribution is 5.63. The molecule has 1 nitrogen and oxygen atoms in total. The quantitative estimate of drug-likeness (QED) is 0.675. The molecule has 0 spiro atoms. The maximum absolute atomic E-state index is 13.3. The van der Waals surface area contributed by atoms with E-state index >= 15 is 0 Å². The molecule has 0 saturated carbocycles. The molecule has 2 aromatic rings. The van der Waals surface area contributed by atoms with Gasteiger partial charge in [0.2, 0.25) is 0 Å². The van der Waals surface area contributed by atoms with Gasteiger partial charge in [-0.3, -0.25) is 4.98 Å². The third kappa shape index (κ3) is 1.48. The Morgan fingerprint density at radius 3 is 2.00 bits per heavy atom. The van der Waals surface area contributed by atoms with E-state index in [9.17, 15) is 8.78 Å². The van der Waals surface area contributed by atoms with E-state index in [2.05, 4.69) is 4.98 Å². The van der Waals surface area contributed by atoms with E-state index in [-0.39, 0.29) is 5.56 Å². The third-order valence-electron chi connectivity index (χ3n) is 1.93. The Kier molecular flexibility index (Phi) is 2.23. The van der Waals surface area contributed by atoms with Crippen molar-refractivity contribution in [2.45, 2.75) is 0 Å². The highest BCUT2D eigenvalue weighted by atomic mass is 19.1. The van der Waals surface area contributed by atoms with E-state index in [1.807, 2.05) is 0 Å². The van der Waals surface area contributed by atoms with Crippen molar-refractivity contribution in [2.75, 3.05) is 0 Å². The Balaban J connectivity index is 2.63. The van der Waals surface area contributed by atoms with Crippen molar-refractivity contribution in [1.29, 1.82) is 0 Å². The summed E-state index contributed by atoms with van der Waals surface area (Å²) >= 11 is 0. The van der Waals surface area contributed by atoms with Crippen LogP contribution in [-0.2, 0) is 0 Å². The molecule has 0 amide bonds. The lowest BCUT2D eigenvalue weighted by Crippen LogP contribution is -1.89. The first-order valence-corrected chi connectivity index (χ1v) is 4.13. The zero-order chi connectivity index (χ0) is 9.97. The Morgan fingerprint density at radius 2 is 1.43 bits per heavy atom. The summed E-state index contributed by atoms with van der Waals surface area (Å²) in [6.45, 7) is 0. The third-order valence-corrected chi connectivity index (χ3v) is 1.93. The van der Waals surface area contributed by atoms with Crippen molar-refractivity contribution in [3.05, 3.63) is 54.4 Å². The van der Waals surface area contributed by atoms with E-state index in [0.29, 0.717) is 5.56 Å². The average molecular weight is 191 g/mol. The highest BCUT2D eigenvalue weighted by Crippen LogP contribution is 2.24. The van der Waals surface area contributed by atoms with Gasteiger partial charge in [-0.25, -0.2) is 8.78 Å². The first-order chi connectivity index (χ1) is 6.79. The summed E-state index contributed by atoms with van der Waals surface area (Å²) in [5.74, 6) is -1.12. The number of benzene rings is 1. The van der Waals surface area contributed by atoms with Crippen LogP contribution in [0, 0.1) is 11.6 Å². The number of aromatic nitrogens is 1. The fraction of sp³-hybridized carbons (Fsp3) is 0. The van der Waals surface area contributed by atoms with Gasteiger partial charge in [0, 0.05) is 12.4 Å². The van der Waals surface area contributed by atoms with Crippen molar-refractivity contribution in [3.63, 3.8) is 0 Å². The Morgan fingerprint density at radius 1 is 0.857 bits per heavy atom. The van der Waals surface area contributed by atoms with E-state index in [1.54, 1.807) is 12.1 Å². The second-order valence-corrected chi connectivity index (χ2v) is 2.83. The molecule has 0 N–H and O–H groups in total. The molecule has 2 rings (SSSR count). The molecule has 3 heteroatoms. The van der Waals surface area contributed by atoms with Gasteiger partial charge in [-0.1, -0.05) is 6.07 Å². The monoisotopic (exact) mass is 191 g/mol. The van der Waals surface area contributed by atoms with E-state index < -0.39 is 11.6 Å². The van der Waals surface area contributed by atoms with Gasteiger partial charge < -0.3 is 0 Å². The SMILES string of the molecule is Fc1cccc(F)c1-c1ccncc1. The van der Waals surface area contributed by atoms with Crippen LogP contribution < -0.4 is 0 Å². The average Bonchev–Trinajstić information content (AvgIpc) is 2.19. The molecule has 1 aromatic carbocycles. The van der Waals surface area contributed by atoms with Crippen LogP contribution in [0.25, 0.3) is 11.1 Å². The number of nitrogens with zero attached hydrogens (tertiary/aromatic N) is 1. The van der Waals surface area contributed by atoms with E-state index in [0.717, 1.165) is 0 Å². The zero-order valence-corrected chi connectivity index (χ0v) is 7.24. The number of pyridine rings is 1. The molecule has 14 heavy (non-hydrogen) atoms. The summed E-state index contributed by atoms with van der Waals surface area (Å²) in [6.07, 6.45) is 3.00. The minimum atomic E-state index is -0.559. The van der Waals surface area contributed by atoms with Crippen LogP contribution in [0.4, 0.5) is 8.78 Å². The van der Waals surface area contributed by atoms with Gasteiger partial charge in [-0.2, -0.15) is 0 Å². The largest absolute Gasteiger partial charge is 0.265 e. The summed E-state index contributed by atoms with van der Waals surface area (Å²) in [7, 11) is 0. The van der Waals surface area contributed by atoms with Gasteiger partial charge >= 0.3 is 0 Å². The van der Waals surface area contributed by atoms with Crippen molar-refractivity contribution in [1.82, 2.24) is 4.98 Å². The smallest absolute Gasteiger partial charge is 0.133 e. The summed E-state index contributed by atoms with van der Waals surface area (Å²) in [4.78, 5) is 3.79.